The van der Waals surface area contributed by atoms with Crippen LogP contribution in [0.2, 0.25) is 0 Å². The van der Waals surface area contributed by atoms with Gasteiger partial charge < -0.3 is 10.2 Å². The van der Waals surface area contributed by atoms with Crippen molar-refractivity contribution in [3.8, 4) is 0 Å². The third kappa shape index (κ3) is 3.07. The van der Waals surface area contributed by atoms with Crippen molar-refractivity contribution in [2.75, 3.05) is 19.0 Å². The fourth-order valence-electron chi connectivity index (χ4n) is 1.89. The van der Waals surface area contributed by atoms with Crippen LogP contribution in [0.1, 0.15) is 11.1 Å². The van der Waals surface area contributed by atoms with Crippen LogP contribution in [-0.4, -0.2) is 28.9 Å². The van der Waals surface area contributed by atoms with Crippen LogP contribution < -0.4 is 10.2 Å². The van der Waals surface area contributed by atoms with Crippen molar-refractivity contribution < 1.29 is 0 Å². The quantitative estimate of drug-likeness (QED) is 0.859. The van der Waals surface area contributed by atoms with Gasteiger partial charge in [-0.2, -0.15) is 5.10 Å². The molecule has 5 heteroatoms. The molecule has 0 aliphatic rings. The van der Waals surface area contributed by atoms with E-state index in [1.807, 2.05) is 50.5 Å². The summed E-state index contributed by atoms with van der Waals surface area (Å²) in [6.07, 6.45) is 5.75. The Morgan fingerprint density at radius 3 is 2.89 bits per heavy atom. The second-order valence-electron chi connectivity index (χ2n) is 4.43. The highest BCUT2D eigenvalue weighted by molar-refractivity contribution is 5.40. The third-order valence-corrected chi connectivity index (χ3v) is 2.76. The van der Waals surface area contributed by atoms with Gasteiger partial charge in [-0.25, -0.2) is 4.98 Å². The smallest absolute Gasteiger partial charge is 0.128 e. The lowest BCUT2D eigenvalue weighted by molar-refractivity contribution is 0.766. The zero-order chi connectivity index (χ0) is 13.0. The van der Waals surface area contributed by atoms with Gasteiger partial charge in [-0.3, -0.25) is 4.68 Å². The van der Waals surface area contributed by atoms with E-state index in [0.29, 0.717) is 0 Å². The van der Waals surface area contributed by atoms with Gasteiger partial charge in [0.15, 0.2) is 0 Å². The summed E-state index contributed by atoms with van der Waals surface area (Å²) in [5.74, 6) is 0.978. The zero-order valence-electron chi connectivity index (χ0n) is 11.1. The minimum atomic E-state index is 0.809. The second kappa shape index (κ2) is 5.64. The maximum Gasteiger partial charge on any atom is 0.128 e. The minimum Gasteiger partial charge on any atom is -0.355 e. The standard InChI is InChI=1S/C13H19N5/c1-14-7-11-4-5-15-13(6-11)17(2)9-12-8-16-18(3)10-12/h4-6,8,10,14H,7,9H2,1-3H3. The molecule has 0 aliphatic carbocycles. The normalized spacial score (nSPS) is 10.6. The Labute approximate surface area is 107 Å². The van der Waals surface area contributed by atoms with Gasteiger partial charge in [0.1, 0.15) is 5.82 Å². The van der Waals surface area contributed by atoms with E-state index < -0.39 is 0 Å². The van der Waals surface area contributed by atoms with Crippen molar-refractivity contribution in [2.24, 2.45) is 7.05 Å². The predicted octanol–water partition coefficient (Wildman–Crippen LogP) is 1.17. The third-order valence-electron chi connectivity index (χ3n) is 2.76. The van der Waals surface area contributed by atoms with Crippen LogP contribution in [0.15, 0.2) is 30.7 Å². The maximum absolute atomic E-state index is 4.40. The van der Waals surface area contributed by atoms with E-state index >= 15 is 0 Å². The Kier molecular flexibility index (Phi) is 3.94. The molecule has 0 bridgehead atoms. The maximum atomic E-state index is 4.40. The molecule has 2 heterocycles. The van der Waals surface area contributed by atoms with Crippen molar-refractivity contribution in [1.82, 2.24) is 20.1 Å². The van der Waals surface area contributed by atoms with E-state index in [1.165, 1.54) is 11.1 Å². The van der Waals surface area contributed by atoms with E-state index in [1.54, 1.807) is 0 Å². The van der Waals surface area contributed by atoms with E-state index in [4.69, 9.17) is 0 Å². The second-order valence-corrected chi connectivity index (χ2v) is 4.43. The lowest BCUT2D eigenvalue weighted by atomic mass is 10.2. The number of hydrogen-bond acceptors (Lipinski definition) is 4. The van der Waals surface area contributed by atoms with Gasteiger partial charge in [-0.15, -0.1) is 0 Å². The number of anilines is 1. The summed E-state index contributed by atoms with van der Waals surface area (Å²) < 4.78 is 1.81. The van der Waals surface area contributed by atoms with Gasteiger partial charge in [-0.05, 0) is 24.7 Å². The van der Waals surface area contributed by atoms with Gasteiger partial charge in [0, 0.05) is 45.1 Å². The van der Waals surface area contributed by atoms with Gasteiger partial charge >= 0.3 is 0 Å². The Balaban J connectivity index is 2.08. The Bertz CT molecular complexity index is 506. The lowest BCUT2D eigenvalue weighted by Crippen LogP contribution is -2.18. The van der Waals surface area contributed by atoms with Crippen LogP contribution >= 0.6 is 0 Å². The molecule has 0 radical (unpaired) electrons. The van der Waals surface area contributed by atoms with E-state index in [2.05, 4.69) is 26.4 Å². The number of rotatable bonds is 5. The van der Waals surface area contributed by atoms with Crippen LogP contribution in [0.5, 0.6) is 0 Å². The van der Waals surface area contributed by atoms with Crippen LogP contribution in [0.3, 0.4) is 0 Å². The van der Waals surface area contributed by atoms with Gasteiger partial charge in [0.25, 0.3) is 0 Å². The molecular weight excluding hydrogens is 226 g/mol. The lowest BCUT2D eigenvalue weighted by Gasteiger charge is -2.17. The van der Waals surface area contributed by atoms with Crippen molar-refractivity contribution in [2.45, 2.75) is 13.1 Å². The minimum absolute atomic E-state index is 0.809. The van der Waals surface area contributed by atoms with Gasteiger partial charge in [0.2, 0.25) is 0 Å². The molecule has 0 aliphatic heterocycles. The molecule has 0 saturated heterocycles. The van der Waals surface area contributed by atoms with E-state index in [-0.39, 0.29) is 0 Å². The number of pyridine rings is 1. The average molecular weight is 245 g/mol. The van der Waals surface area contributed by atoms with Crippen LogP contribution in [0.4, 0.5) is 5.82 Å². The Morgan fingerprint density at radius 2 is 2.22 bits per heavy atom. The molecule has 2 aromatic heterocycles. The van der Waals surface area contributed by atoms with Gasteiger partial charge in [0.05, 0.1) is 6.20 Å². The Morgan fingerprint density at radius 1 is 1.39 bits per heavy atom. The van der Waals surface area contributed by atoms with Crippen molar-refractivity contribution in [3.63, 3.8) is 0 Å². The van der Waals surface area contributed by atoms with Crippen molar-refractivity contribution in [3.05, 3.63) is 41.9 Å². The molecule has 0 fully saturated rings. The zero-order valence-corrected chi connectivity index (χ0v) is 11.1. The molecule has 0 unspecified atom stereocenters. The number of nitrogens with zero attached hydrogens (tertiary/aromatic N) is 4. The molecule has 18 heavy (non-hydrogen) atoms. The summed E-state index contributed by atoms with van der Waals surface area (Å²) in [4.78, 5) is 6.52. The highest BCUT2D eigenvalue weighted by Gasteiger charge is 2.05. The molecule has 0 aromatic carbocycles. The molecule has 2 aromatic rings. The van der Waals surface area contributed by atoms with Crippen LogP contribution in [-0.2, 0) is 20.1 Å². The average Bonchev–Trinajstić information content (AvgIpc) is 2.75. The van der Waals surface area contributed by atoms with Crippen molar-refractivity contribution >= 4 is 5.82 Å². The monoisotopic (exact) mass is 245 g/mol. The fraction of sp³-hybridized carbons (Fsp3) is 0.385. The number of aromatic nitrogens is 3. The summed E-state index contributed by atoms with van der Waals surface area (Å²) in [7, 11) is 5.91. The summed E-state index contributed by atoms with van der Waals surface area (Å²) in [5, 5.41) is 7.31. The fourth-order valence-corrected chi connectivity index (χ4v) is 1.89. The molecule has 1 N–H and O–H groups in total. The highest BCUT2D eigenvalue weighted by atomic mass is 15.2. The van der Waals surface area contributed by atoms with Crippen LogP contribution in [0.25, 0.3) is 0 Å². The predicted molar refractivity (Wildman–Crippen MR) is 72.3 cm³/mol. The van der Waals surface area contributed by atoms with Crippen LogP contribution in [0, 0.1) is 0 Å². The molecule has 96 valence electrons. The SMILES string of the molecule is CNCc1ccnc(N(C)Cc2cnn(C)c2)c1. The van der Waals surface area contributed by atoms with Gasteiger partial charge in [-0.1, -0.05) is 0 Å². The summed E-state index contributed by atoms with van der Waals surface area (Å²) in [6, 6.07) is 4.13. The Hall–Kier alpha value is -1.88. The largest absolute Gasteiger partial charge is 0.355 e. The molecule has 0 amide bonds. The number of aryl methyl sites for hydroxylation is 1. The molecular formula is C13H19N5. The first-order chi connectivity index (χ1) is 8.69. The van der Waals surface area contributed by atoms with E-state index in [0.717, 1.165) is 18.9 Å². The molecule has 0 spiro atoms. The molecule has 2 rings (SSSR count). The first-order valence-corrected chi connectivity index (χ1v) is 5.97. The first kappa shape index (κ1) is 12.6. The number of nitrogens with one attached hydrogen (secondary N) is 1. The summed E-state index contributed by atoms with van der Waals surface area (Å²) in [6.45, 7) is 1.67. The topological polar surface area (TPSA) is 46.0 Å². The first-order valence-electron chi connectivity index (χ1n) is 5.97. The van der Waals surface area contributed by atoms with E-state index in [9.17, 15) is 0 Å². The number of hydrogen-bond donors (Lipinski definition) is 1. The highest BCUT2D eigenvalue weighted by Crippen LogP contribution is 2.13. The van der Waals surface area contributed by atoms with Crippen molar-refractivity contribution in [1.29, 1.82) is 0 Å². The molecule has 0 saturated carbocycles. The summed E-state index contributed by atoms with van der Waals surface area (Å²) >= 11 is 0. The molecule has 0 atom stereocenters. The summed E-state index contributed by atoms with van der Waals surface area (Å²) in [5.41, 5.74) is 2.42. The molecule has 5 nitrogen and oxygen atoms in total.